The largest absolute Gasteiger partial charge is 0.361 e. The highest BCUT2D eigenvalue weighted by molar-refractivity contribution is 5.80. The fraction of sp³-hybridized carbons (Fsp3) is 0.429. The molecule has 3 rings (SSSR count). The summed E-state index contributed by atoms with van der Waals surface area (Å²) in [6.07, 6.45) is 7.33. The van der Waals surface area contributed by atoms with Gasteiger partial charge in [-0.2, -0.15) is 0 Å². The molecule has 2 aromatic rings. The molecular weight excluding hydrogens is 196 g/mol. The Hall–Kier alpha value is -1.28. The van der Waals surface area contributed by atoms with Crippen LogP contribution in [0.2, 0.25) is 0 Å². The van der Waals surface area contributed by atoms with Crippen molar-refractivity contribution in [3.8, 4) is 0 Å². The standard InChI is InChI=1S/C14H18N2/c1-2-4-13(15-8-3-1)11-5-6-14-12(10-11)7-9-16-14/h5-7,9-10,13,15-16H,1-4,8H2. The number of aromatic amines is 1. The number of H-pyrrole nitrogens is 1. The van der Waals surface area contributed by atoms with E-state index in [0.717, 1.165) is 6.54 Å². The normalized spacial score (nSPS) is 22.1. The molecule has 1 aliphatic heterocycles. The fourth-order valence-corrected chi connectivity index (χ4v) is 2.60. The zero-order valence-electron chi connectivity index (χ0n) is 9.50. The number of nitrogens with one attached hydrogen (secondary N) is 2. The summed E-state index contributed by atoms with van der Waals surface area (Å²) in [6.45, 7) is 1.16. The lowest BCUT2D eigenvalue weighted by Crippen LogP contribution is -2.20. The van der Waals surface area contributed by atoms with Crippen molar-refractivity contribution in [1.82, 2.24) is 10.3 Å². The van der Waals surface area contributed by atoms with Crippen LogP contribution >= 0.6 is 0 Å². The molecule has 1 aliphatic rings. The lowest BCUT2D eigenvalue weighted by molar-refractivity contribution is 0.535. The molecular formula is C14H18N2. The van der Waals surface area contributed by atoms with Gasteiger partial charge in [0, 0.05) is 17.8 Å². The quantitative estimate of drug-likeness (QED) is 0.748. The van der Waals surface area contributed by atoms with E-state index >= 15 is 0 Å². The molecule has 84 valence electrons. The molecule has 1 aromatic heterocycles. The van der Waals surface area contributed by atoms with Gasteiger partial charge in [0.2, 0.25) is 0 Å². The molecule has 1 fully saturated rings. The summed E-state index contributed by atoms with van der Waals surface area (Å²) in [5, 5.41) is 4.97. The first kappa shape index (κ1) is 9.91. The van der Waals surface area contributed by atoms with E-state index in [9.17, 15) is 0 Å². The SMILES string of the molecule is c1cc2cc(C3CCCCCN3)ccc2[nH]1. The van der Waals surface area contributed by atoms with Crippen LogP contribution in [-0.4, -0.2) is 11.5 Å². The van der Waals surface area contributed by atoms with Crippen LogP contribution in [0.5, 0.6) is 0 Å². The van der Waals surface area contributed by atoms with Crippen molar-refractivity contribution in [2.24, 2.45) is 0 Å². The first-order valence-corrected chi connectivity index (χ1v) is 6.24. The molecule has 0 radical (unpaired) electrons. The molecule has 0 amide bonds. The number of hydrogen-bond donors (Lipinski definition) is 2. The number of fused-ring (bicyclic) bond motifs is 1. The molecule has 2 nitrogen and oxygen atoms in total. The van der Waals surface area contributed by atoms with Crippen LogP contribution in [0.3, 0.4) is 0 Å². The van der Waals surface area contributed by atoms with Crippen molar-refractivity contribution < 1.29 is 0 Å². The van der Waals surface area contributed by atoms with Gasteiger partial charge in [-0.05, 0) is 48.5 Å². The van der Waals surface area contributed by atoms with E-state index in [0.29, 0.717) is 6.04 Å². The lowest BCUT2D eigenvalue weighted by Gasteiger charge is -2.16. The molecule has 0 bridgehead atoms. The van der Waals surface area contributed by atoms with Gasteiger partial charge in [0.15, 0.2) is 0 Å². The van der Waals surface area contributed by atoms with Gasteiger partial charge in [-0.25, -0.2) is 0 Å². The second kappa shape index (κ2) is 4.30. The monoisotopic (exact) mass is 214 g/mol. The van der Waals surface area contributed by atoms with Gasteiger partial charge in [0.25, 0.3) is 0 Å². The van der Waals surface area contributed by atoms with Crippen molar-refractivity contribution >= 4 is 10.9 Å². The Balaban J connectivity index is 1.91. The first-order valence-electron chi connectivity index (χ1n) is 6.24. The topological polar surface area (TPSA) is 27.8 Å². The van der Waals surface area contributed by atoms with E-state index in [4.69, 9.17) is 0 Å². The zero-order chi connectivity index (χ0) is 10.8. The summed E-state index contributed by atoms with van der Waals surface area (Å²) in [5.74, 6) is 0. The van der Waals surface area contributed by atoms with E-state index in [2.05, 4.69) is 34.6 Å². The average Bonchev–Trinajstić information content (AvgIpc) is 2.61. The third-order valence-electron chi connectivity index (χ3n) is 3.54. The van der Waals surface area contributed by atoms with Crippen molar-refractivity contribution in [2.45, 2.75) is 31.7 Å². The Labute approximate surface area is 96.1 Å². The van der Waals surface area contributed by atoms with Gasteiger partial charge >= 0.3 is 0 Å². The van der Waals surface area contributed by atoms with Crippen LogP contribution in [-0.2, 0) is 0 Å². The molecule has 1 aromatic carbocycles. The average molecular weight is 214 g/mol. The predicted octanol–water partition coefficient (Wildman–Crippen LogP) is 3.37. The fourth-order valence-electron chi connectivity index (χ4n) is 2.60. The Morgan fingerprint density at radius 2 is 2.06 bits per heavy atom. The van der Waals surface area contributed by atoms with Crippen LogP contribution in [0.15, 0.2) is 30.5 Å². The lowest BCUT2D eigenvalue weighted by atomic mass is 10.0. The summed E-state index contributed by atoms with van der Waals surface area (Å²) >= 11 is 0. The van der Waals surface area contributed by atoms with Crippen molar-refractivity contribution in [3.63, 3.8) is 0 Å². The van der Waals surface area contributed by atoms with Crippen LogP contribution in [0.25, 0.3) is 10.9 Å². The summed E-state index contributed by atoms with van der Waals surface area (Å²) in [7, 11) is 0. The summed E-state index contributed by atoms with van der Waals surface area (Å²) in [6, 6.07) is 9.46. The van der Waals surface area contributed by atoms with Crippen LogP contribution < -0.4 is 5.32 Å². The maximum atomic E-state index is 3.64. The maximum absolute atomic E-state index is 3.64. The van der Waals surface area contributed by atoms with E-state index < -0.39 is 0 Å². The highest BCUT2D eigenvalue weighted by atomic mass is 14.9. The highest BCUT2D eigenvalue weighted by Gasteiger charge is 2.13. The van der Waals surface area contributed by atoms with Crippen LogP contribution in [0.4, 0.5) is 0 Å². The molecule has 1 saturated heterocycles. The minimum absolute atomic E-state index is 0.557. The van der Waals surface area contributed by atoms with Crippen molar-refractivity contribution in [2.75, 3.05) is 6.54 Å². The molecule has 16 heavy (non-hydrogen) atoms. The Bertz CT molecular complexity index is 464. The molecule has 2 heterocycles. The van der Waals surface area contributed by atoms with Crippen molar-refractivity contribution in [1.29, 1.82) is 0 Å². The van der Waals surface area contributed by atoms with E-state index in [1.165, 1.54) is 42.1 Å². The zero-order valence-corrected chi connectivity index (χ0v) is 9.50. The molecule has 1 unspecified atom stereocenters. The third kappa shape index (κ3) is 1.85. The summed E-state index contributed by atoms with van der Waals surface area (Å²) < 4.78 is 0. The Kier molecular flexibility index (Phi) is 2.66. The van der Waals surface area contributed by atoms with E-state index in [1.807, 2.05) is 6.20 Å². The smallest absolute Gasteiger partial charge is 0.0454 e. The summed E-state index contributed by atoms with van der Waals surface area (Å²) in [4.78, 5) is 3.24. The second-order valence-electron chi connectivity index (χ2n) is 4.68. The number of benzene rings is 1. The second-order valence-corrected chi connectivity index (χ2v) is 4.68. The molecule has 0 saturated carbocycles. The van der Waals surface area contributed by atoms with E-state index in [-0.39, 0.29) is 0 Å². The first-order chi connectivity index (χ1) is 7.93. The molecule has 2 heteroatoms. The minimum Gasteiger partial charge on any atom is -0.361 e. The van der Waals surface area contributed by atoms with Gasteiger partial charge in [-0.15, -0.1) is 0 Å². The van der Waals surface area contributed by atoms with Crippen LogP contribution in [0, 0.1) is 0 Å². The van der Waals surface area contributed by atoms with Crippen molar-refractivity contribution in [3.05, 3.63) is 36.0 Å². The Morgan fingerprint density at radius 1 is 1.06 bits per heavy atom. The third-order valence-corrected chi connectivity index (χ3v) is 3.54. The van der Waals surface area contributed by atoms with Gasteiger partial charge in [0.1, 0.15) is 0 Å². The number of aromatic nitrogens is 1. The van der Waals surface area contributed by atoms with Gasteiger partial charge in [0.05, 0.1) is 0 Å². The van der Waals surface area contributed by atoms with Crippen LogP contribution in [0.1, 0.15) is 37.3 Å². The number of rotatable bonds is 1. The summed E-state index contributed by atoms with van der Waals surface area (Å²) in [5.41, 5.74) is 2.67. The highest BCUT2D eigenvalue weighted by Crippen LogP contribution is 2.25. The number of hydrogen-bond acceptors (Lipinski definition) is 1. The molecule has 0 spiro atoms. The van der Waals surface area contributed by atoms with Gasteiger partial charge in [-0.3, -0.25) is 0 Å². The Morgan fingerprint density at radius 3 is 3.06 bits per heavy atom. The molecule has 0 aliphatic carbocycles. The molecule has 1 atom stereocenters. The minimum atomic E-state index is 0.557. The van der Waals surface area contributed by atoms with Gasteiger partial charge in [-0.1, -0.05) is 18.9 Å². The van der Waals surface area contributed by atoms with Gasteiger partial charge < -0.3 is 10.3 Å². The maximum Gasteiger partial charge on any atom is 0.0454 e. The van der Waals surface area contributed by atoms with E-state index in [1.54, 1.807) is 0 Å². The predicted molar refractivity (Wildman–Crippen MR) is 67.5 cm³/mol. The molecule has 2 N–H and O–H groups in total.